The van der Waals surface area contributed by atoms with Crippen LogP contribution >= 0.6 is 0 Å². The molecule has 49 heavy (non-hydrogen) atoms. The van der Waals surface area contributed by atoms with E-state index in [2.05, 4.69) is 61.1 Å². The van der Waals surface area contributed by atoms with E-state index in [-0.39, 0.29) is 11.9 Å². The lowest BCUT2D eigenvalue weighted by Crippen LogP contribution is -2.46. The molecule has 0 spiro atoms. The summed E-state index contributed by atoms with van der Waals surface area (Å²) in [6.07, 6.45) is 5.59. The van der Waals surface area contributed by atoms with Crippen molar-refractivity contribution in [2.45, 2.75) is 57.8 Å². The number of morpholine rings is 1. The molecule has 3 N–H and O–H groups in total. The zero-order valence-electron chi connectivity index (χ0n) is 28.4. The van der Waals surface area contributed by atoms with Gasteiger partial charge in [-0.15, -0.1) is 0 Å². The zero-order valence-corrected chi connectivity index (χ0v) is 29.4. The average molecular weight is 688 g/mol. The van der Waals surface area contributed by atoms with Crippen LogP contribution in [0.25, 0.3) is 22.4 Å². The molecule has 0 radical (unpaired) electrons. The van der Waals surface area contributed by atoms with Crippen LogP contribution in [-0.2, 0) is 22.7 Å². The first-order chi connectivity index (χ1) is 23.6. The average Bonchev–Trinajstić information content (AvgIpc) is 3.45. The van der Waals surface area contributed by atoms with Gasteiger partial charge in [0.25, 0.3) is 5.91 Å². The fourth-order valence-corrected chi connectivity index (χ4v) is 6.97. The monoisotopic (exact) mass is 687 g/mol. The first kappa shape index (κ1) is 34.4. The first-order valence-electron chi connectivity index (χ1n) is 16.8. The largest absolute Gasteiger partial charge is 0.465 e. The lowest BCUT2D eigenvalue weighted by Gasteiger charge is -2.32. The molecule has 2 saturated heterocycles. The number of pyridine rings is 2. The molecular formula is C34H45N9O5Si. The second-order valence-electron chi connectivity index (χ2n) is 13.8. The highest BCUT2D eigenvalue weighted by atomic mass is 28.3. The maximum atomic E-state index is 13.2. The second kappa shape index (κ2) is 15.4. The van der Waals surface area contributed by atoms with E-state index in [9.17, 15) is 9.59 Å². The molecule has 2 fully saturated rings. The van der Waals surface area contributed by atoms with Crippen molar-refractivity contribution in [3.05, 3.63) is 60.3 Å². The number of piperidine rings is 1. The third-order valence-electron chi connectivity index (χ3n) is 8.78. The quantitative estimate of drug-likeness (QED) is 0.142. The predicted octanol–water partition coefficient (Wildman–Crippen LogP) is 4.52. The van der Waals surface area contributed by atoms with Crippen LogP contribution < -0.4 is 15.5 Å². The maximum absolute atomic E-state index is 13.2. The molecule has 0 aliphatic carbocycles. The van der Waals surface area contributed by atoms with E-state index in [1.165, 1.54) is 0 Å². The molecule has 0 saturated carbocycles. The topological polar surface area (TPSA) is 160 Å². The molecule has 2 aliphatic rings. The molecule has 1 atom stereocenters. The Morgan fingerprint density at radius 2 is 1.90 bits per heavy atom. The van der Waals surface area contributed by atoms with Crippen LogP contribution in [0.5, 0.6) is 0 Å². The van der Waals surface area contributed by atoms with Gasteiger partial charge in [-0.1, -0.05) is 19.6 Å². The number of likely N-dealkylation sites (tertiary alicyclic amines) is 1. The van der Waals surface area contributed by atoms with Crippen LogP contribution in [0.1, 0.15) is 28.9 Å². The van der Waals surface area contributed by atoms with Crippen LogP contribution in [0.15, 0.2) is 49.1 Å². The number of fused-ring (bicyclic) bond motifs is 1. The molecule has 0 aromatic carbocycles. The molecular weight excluding hydrogens is 643 g/mol. The van der Waals surface area contributed by atoms with Crippen LogP contribution in [0, 0.1) is 0 Å². The van der Waals surface area contributed by atoms with Crippen molar-refractivity contribution >= 4 is 42.6 Å². The minimum atomic E-state index is -1.26. The van der Waals surface area contributed by atoms with Gasteiger partial charge in [-0.25, -0.2) is 14.8 Å². The SMILES string of the molecule is C[Si](C)(C)CCOCn1c(-c2ccc(NC(=O)c3cc(CN4CCCC(NC(=O)O)C4)ccn3)cn2)cc2c(N3CCOCC3)ncnc21. The van der Waals surface area contributed by atoms with Crippen molar-refractivity contribution in [1.29, 1.82) is 0 Å². The highest BCUT2D eigenvalue weighted by Gasteiger charge is 2.23. The van der Waals surface area contributed by atoms with Gasteiger partial charge in [-0.2, -0.15) is 0 Å². The third kappa shape index (κ3) is 8.97. The van der Waals surface area contributed by atoms with Crippen molar-refractivity contribution in [3.8, 4) is 11.4 Å². The summed E-state index contributed by atoms with van der Waals surface area (Å²) >= 11 is 0. The molecule has 0 bridgehead atoms. The van der Waals surface area contributed by atoms with E-state index >= 15 is 0 Å². The summed E-state index contributed by atoms with van der Waals surface area (Å²) in [6, 6.07) is 10.4. The predicted molar refractivity (Wildman–Crippen MR) is 190 cm³/mol. The highest BCUT2D eigenvalue weighted by Crippen LogP contribution is 2.32. The standard InChI is InChI=1S/C34H45N9O5Si/c1-49(2,3)16-15-48-23-43-30(18-27-31(37-22-38-32(27)43)42-11-13-47-14-12-42)28-7-6-25(19-36-28)39-33(44)29-17-24(8-9-35-29)20-41-10-4-5-26(21-41)40-34(45)46/h6-9,17-19,22,26,40H,4-5,10-16,20-21,23H2,1-3H3,(H,39,44)(H,45,46). The van der Waals surface area contributed by atoms with Gasteiger partial charge in [0.1, 0.15) is 30.2 Å². The molecule has 260 valence electrons. The summed E-state index contributed by atoms with van der Waals surface area (Å²) in [5.74, 6) is 0.529. The fraction of sp³-hybridized carbons (Fsp3) is 0.471. The van der Waals surface area contributed by atoms with Crippen LogP contribution in [0.3, 0.4) is 0 Å². The van der Waals surface area contributed by atoms with E-state index < -0.39 is 14.2 Å². The lowest BCUT2D eigenvalue weighted by molar-refractivity contribution is 0.0908. The van der Waals surface area contributed by atoms with Crippen LogP contribution in [0.2, 0.25) is 25.7 Å². The number of nitrogens with one attached hydrogen (secondary N) is 2. The third-order valence-corrected chi connectivity index (χ3v) is 10.5. The number of rotatable bonds is 12. The maximum Gasteiger partial charge on any atom is 0.404 e. The van der Waals surface area contributed by atoms with Gasteiger partial charge in [-0.3, -0.25) is 24.2 Å². The Labute approximate surface area is 286 Å². The second-order valence-corrected chi connectivity index (χ2v) is 19.4. The number of aromatic nitrogens is 5. The summed E-state index contributed by atoms with van der Waals surface area (Å²) in [7, 11) is -1.26. The summed E-state index contributed by atoms with van der Waals surface area (Å²) < 4.78 is 13.8. The molecule has 15 heteroatoms. The minimum Gasteiger partial charge on any atom is -0.465 e. The number of hydrogen-bond donors (Lipinski definition) is 3. The molecule has 1 unspecified atom stereocenters. The molecule has 6 heterocycles. The van der Waals surface area contributed by atoms with E-state index in [0.717, 1.165) is 72.3 Å². The highest BCUT2D eigenvalue weighted by molar-refractivity contribution is 6.76. The van der Waals surface area contributed by atoms with Crippen molar-refractivity contribution in [3.63, 3.8) is 0 Å². The van der Waals surface area contributed by atoms with Gasteiger partial charge >= 0.3 is 6.09 Å². The van der Waals surface area contributed by atoms with E-state index in [0.29, 0.717) is 51.0 Å². The minimum absolute atomic E-state index is 0.102. The summed E-state index contributed by atoms with van der Waals surface area (Å²) in [4.78, 5) is 47.1. The normalized spacial score (nSPS) is 17.3. The Kier molecular flexibility index (Phi) is 10.8. The van der Waals surface area contributed by atoms with Crippen LogP contribution in [0.4, 0.5) is 16.3 Å². The fourth-order valence-electron chi connectivity index (χ4n) is 6.22. The number of carbonyl (C=O) groups excluding carboxylic acids is 1. The molecule has 14 nitrogen and oxygen atoms in total. The Hall–Kier alpha value is -4.44. The van der Waals surface area contributed by atoms with E-state index in [4.69, 9.17) is 19.6 Å². The molecule has 4 aromatic rings. The zero-order chi connectivity index (χ0) is 34.4. The molecule has 6 rings (SSSR count). The van der Waals surface area contributed by atoms with Gasteiger partial charge in [0.2, 0.25) is 0 Å². The molecule has 2 aliphatic heterocycles. The lowest BCUT2D eigenvalue weighted by atomic mass is 10.0. The Morgan fingerprint density at radius 3 is 2.65 bits per heavy atom. The Bertz CT molecular complexity index is 1760. The van der Waals surface area contributed by atoms with E-state index in [1.54, 1.807) is 24.8 Å². The van der Waals surface area contributed by atoms with Crippen molar-refractivity contribution in [2.24, 2.45) is 0 Å². The summed E-state index contributed by atoms with van der Waals surface area (Å²) in [6.45, 7) is 12.9. The van der Waals surface area contributed by atoms with Gasteiger partial charge in [0.15, 0.2) is 0 Å². The number of hydrogen-bond acceptors (Lipinski definition) is 10. The van der Waals surface area contributed by atoms with Crippen molar-refractivity contribution in [2.75, 3.05) is 56.2 Å². The number of anilines is 2. The smallest absolute Gasteiger partial charge is 0.404 e. The summed E-state index contributed by atoms with van der Waals surface area (Å²) in [5.41, 5.74) is 4.12. The van der Waals surface area contributed by atoms with Gasteiger partial charge in [0, 0.05) is 53.1 Å². The van der Waals surface area contributed by atoms with Gasteiger partial charge < -0.3 is 30.1 Å². The number of ether oxygens (including phenoxy) is 2. The molecule has 4 aromatic heterocycles. The number of carboxylic acid groups (broad SMARTS) is 1. The van der Waals surface area contributed by atoms with Crippen LogP contribution in [-0.4, -0.2) is 107 Å². The van der Waals surface area contributed by atoms with Gasteiger partial charge in [0.05, 0.1) is 41.9 Å². The Balaban J connectivity index is 1.17. The van der Waals surface area contributed by atoms with Gasteiger partial charge in [-0.05, 0) is 61.3 Å². The van der Waals surface area contributed by atoms with Crippen molar-refractivity contribution in [1.82, 2.24) is 34.7 Å². The Morgan fingerprint density at radius 1 is 1.06 bits per heavy atom. The van der Waals surface area contributed by atoms with Crippen molar-refractivity contribution < 1.29 is 24.2 Å². The molecule has 2 amide bonds. The number of nitrogens with zero attached hydrogens (tertiary/aromatic N) is 7. The number of carbonyl (C=O) groups is 2. The number of amides is 2. The summed E-state index contributed by atoms with van der Waals surface area (Å²) in [5, 5.41) is 15.5. The first-order valence-corrected chi connectivity index (χ1v) is 20.5. The van der Waals surface area contributed by atoms with E-state index in [1.807, 2.05) is 22.8 Å².